The lowest BCUT2D eigenvalue weighted by molar-refractivity contribution is -0.404. The van der Waals surface area contributed by atoms with E-state index in [4.69, 9.17) is 0 Å². The summed E-state index contributed by atoms with van der Waals surface area (Å²) >= 11 is 3.44. The topological polar surface area (TPSA) is 83.3 Å². The van der Waals surface area contributed by atoms with Crippen LogP contribution in [0.15, 0.2) is 17.4 Å². The van der Waals surface area contributed by atoms with Crippen molar-refractivity contribution in [3.8, 4) is 0 Å². The van der Waals surface area contributed by atoms with E-state index in [9.17, 15) is 10.1 Å². The standard InChI is InChI=1S/C13H23N5O2S2/c1-4-14-12(7-18(19)20)15-5-6-21-9-11-10-22-13(16-11)8-17(2)3/h7,10,14-15H,4-6,8-9H2,1-3H3. The maximum Gasteiger partial charge on any atom is 0.274 e. The first-order valence-electron chi connectivity index (χ1n) is 7.00. The molecule has 0 radical (unpaired) electrons. The summed E-state index contributed by atoms with van der Waals surface area (Å²) in [4.78, 5) is 16.7. The zero-order valence-electron chi connectivity index (χ0n) is 13.2. The van der Waals surface area contributed by atoms with Crippen molar-refractivity contribution in [3.05, 3.63) is 38.2 Å². The van der Waals surface area contributed by atoms with E-state index in [1.165, 1.54) is 0 Å². The van der Waals surface area contributed by atoms with Gasteiger partial charge >= 0.3 is 0 Å². The van der Waals surface area contributed by atoms with Gasteiger partial charge in [0.05, 0.1) is 10.6 Å². The molecule has 0 aliphatic rings. The fourth-order valence-electron chi connectivity index (χ4n) is 1.64. The molecule has 9 heteroatoms. The molecule has 0 spiro atoms. The molecule has 2 N–H and O–H groups in total. The molecule has 0 bridgehead atoms. The lowest BCUT2D eigenvalue weighted by Crippen LogP contribution is -2.28. The van der Waals surface area contributed by atoms with Crippen molar-refractivity contribution in [3.63, 3.8) is 0 Å². The van der Waals surface area contributed by atoms with Crippen LogP contribution in [-0.4, -0.2) is 47.7 Å². The summed E-state index contributed by atoms with van der Waals surface area (Å²) in [6.07, 6.45) is 0.960. The second-order valence-corrected chi connectivity index (χ2v) is 6.86. The summed E-state index contributed by atoms with van der Waals surface area (Å²) in [7, 11) is 4.06. The Hall–Kier alpha value is -1.32. The number of nitrogens with one attached hydrogen (secondary N) is 2. The van der Waals surface area contributed by atoms with Crippen LogP contribution in [0.4, 0.5) is 0 Å². The molecule has 22 heavy (non-hydrogen) atoms. The Bertz CT molecular complexity index is 491. The van der Waals surface area contributed by atoms with Gasteiger partial charge in [-0.15, -0.1) is 11.3 Å². The van der Waals surface area contributed by atoms with Crippen molar-refractivity contribution in [2.24, 2.45) is 0 Å². The summed E-state index contributed by atoms with van der Waals surface area (Å²) < 4.78 is 0. The van der Waals surface area contributed by atoms with Gasteiger partial charge in [0.15, 0.2) is 5.82 Å². The minimum atomic E-state index is -0.459. The Kier molecular flexibility index (Phi) is 8.86. The van der Waals surface area contributed by atoms with Gasteiger partial charge in [0.25, 0.3) is 6.20 Å². The summed E-state index contributed by atoms with van der Waals surface area (Å²) in [5.74, 6) is 2.18. The van der Waals surface area contributed by atoms with Crippen LogP contribution in [-0.2, 0) is 12.3 Å². The number of thioether (sulfide) groups is 1. The van der Waals surface area contributed by atoms with Crippen LogP contribution in [0.2, 0.25) is 0 Å². The smallest absolute Gasteiger partial charge is 0.274 e. The van der Waals surface area contributed by atoms with Gasteiger partial charge in [-0.05, 0) is 21.0 Å². The molecular formula is C13H23N5O2S2. The van der Waals surface area contributed by atoms with Gasteiger partial charge < -0.3 is 15.5 Å². The molecule has 1 heterocycles. The van der Waals surface area contributed by atoms with Crippen molar-refractivity contribution in [1.29, 1.82) is 0 Å². The van der Waals surface area contributed by atoms with E-state index in [0.29, 0.717) is 18.9 Å². The molecule has 0 aromatic carbocycles. The third-order valence-corrected chi connectivity index (χ3v) is 4.34. The Morgan fingerprint density at radius 2 is 2.32 bits per heavy atom. The van der Waals surface area contributed by atoms with Crippen LogP contribution >= 0.6 is 23.1 Å². The molecule has 0 saturated carbocycles. The molecule has 0 unspecified atom stereocenters. The highest BCUT2D eigenvalue weighted by Gasteiger charge is 2.04. The quantitative estimate of drug-likeness (QED) is 0.359. The van der Waals surface area contributed by atoms with Crippen LogP contribution in [0.25, 0.3) is 0 Å². The highest BCUT2D eigenvalue weighted by Crippen LogP contribution is 2.16. The van der Waals surface area contributed by atoms with E-state index in [1.807, 2.05) is 21.0 Å². The zero-order chi connectivity index (χ0) is 16.4. The minimum absolute atomic E-state index is 0.454. The fraction of sp³-hybridized carbons (Fsp3) is 0.615. The second-order valence-electron chi connectivity index (χ2n) is 4.81. The van der Waals surface area contributed by atoms with Crippen LogP contribution < -0.4 is 10.6 Å². The number of nitro groups is 1. The van der Waals surface area contributed by atoms with Gasteiger partial charge in [-0.1, -0.05) is 0 Å². The van der Waals surface area contributed by atoms with Gasteiger partial charge in [0.1, 0.15) is 5.01 Å². The van der Waals surface area contributed by atoms with Gasteiger partial charge in [-0.2, -0.15) is 11.8 Å². The Balaban J connectivity index is 2.24. The van der Waals surface area contributed by atoms with Gasteiger partial charge in [0.2, 0.25) is 0 Å². The Morgan fingerprint density at radius 3 is 2.95 bits per heavy atom. The number of hydrogen-bond acceptors (Lipinski definition) is 8. The molecule has 0 saturated heterocycles. The third kappa shape index (κ3) is 8.20. The number of nitrogens with zero attached hydrogens (tertiary/aromatic N) is 3. The van der Waals surface area contributed by atoms with Crippen molar-refractivity contribution in [2.45, 2.75) is 19.2 Å². The van der Waals surface area contributed by atoms with E-state index in [0.717, 1.165) is 35.0 Å². The summed E-state index contributed by atoms with van der Waals surface area (Å²) in [5, 5.41) is 19.7. The maximum absolute atomic E-state index is 10.5. The first kappa shape index (κ1) is 18.7. The first-order chi connectivity index (χ1) is 10.5. The molecular weight excluding hydrogens is 322 g/mol. The summed E-state index contributed by atoms with van der Waals surface area (Å²) in [6, 6.07) is 0. The monoisotopic (exact) mass is 345 g/mol. The Labute approximate surface area is 139 Å². The van der Waals surface area contributed by atoms with Crippen molar-refractivity contribution in [1.82, 2.24) is 20.5 Å². The maximum atomic E-state index is 10.5. The van der Waals surface area contributed by atoms with Crippen LogP contribution in [0, 0.1) is 10.1 Å². The van der Waals surface area contributed by atoms with Crippen molar-refractivity contribution in [2.75, 3.05) is 32.9 Å². The lowest BCUT2D eigenvalue weighted by Gasteiger charge is -2.09. The highest BCUT2D eigenvalue weighted by molar-refractivity contribution is 7.98. The predicted molar refractivity (Wildman–Crippen MR) is 92.4 cm³/mol. The highest BCUT2D eigenvalue weighted by atomic mass is 32.2. The number of hydrogen-bond donors (Lipinski definition) is 2. The molecule has 0 atom stereocenters. The van der Waals surface area contributed by atoms with Gasteiger partial charge in [0, 0.05) is 36.5 Å². The van der Waals surface area contributed by atoms with Crippen LogP contribution in [0.3, 0.4) is 0 Å². The summed E-state index contributed by atoms with van der Waals surface area (Å²) in [5.41, 5.74) is 1.10. The normalized spacial score (nSPS) is 11.7. The van der Waals surface area contributed by atoms with Crippen LogP contribution in [0.1, 0.15) is 17.6 Å². The van der Waals surface area contributed by atoms with Crippen molar-refractivity contribution >= 4 is 23.1 Å². The predicted octanol–water partition coefficient (Wildman–Crippen LogP) is 1.71. The first-order valence-corrected chi connectivity index (χ1v) is 9.03. The largest absolute Gasteiger partial charge is 0.367 e. The fourth-order valence-corrected chi connectivity index (χ4v) is 3.41. The molecule has 1 rings (SSSR count). The Morgan fingerprint density at radius 1 is 1.55 bits per heavy atom. The summed E-state index contributed by atoms with van der Waals surface area (Å²) in [6.45, 7) is 4.09. The van der Waals surface area contributed by atoms with Gasteiger partial charge in [-0.3, -0.25) is 10.1 Å². The molecule has 1 aromatic rings. The molecule has 0 aliphatic heterocycles. The molecule has 0 amide bonds. The minimum Gasteiger partial charge on any atom is -0.367 e. The van der Waals surface area contributed by atoms with E-state index in [-0.39, 0.29) is 0 Å². The number of rotatable bonds is 11. The molecule has 7 nitrogen and oxygen atoms in total. The molecule has 0 aliphatic carbocycles. The average Bonchev–Trinajstić information content (AvgIpc) is 2.84. The van der Waals surface area contributed by atoms with E-state index in [1.54, 1.807) is 23.1 Å². The van der Waals surface area contributed by atoms with Crippen molar-refractivity contribution < 1.29 is 4.92 Å². The SMILES string of the molecule is CCNC(=C[N+](=O)[O-])NCCSCc1csc(CN(C)C)n1. The zero-order valence-corrected chi connectivity index (χ0v) is 14.8. The second kappa shape index (κ2) is 10.4. The molecule has 1 aromatic heterocycles. The van der Waals surface area contributed by atoms with E-state index >= 15 is 0 Å². The number of aromatic nitrogens is 1. The third-order valence-electron chi connectivity index (χ3n) is 2.46. The molecule has 124 valence electrons. The number of thiazole rings is 1. The van der Waals surface area contributed by atoms with E-state index < -0.39 is 4.92 Å². The lowest BCUT2D eigenvalue weighted by atomic mass is 10.5. The van der Waals surface area contributed by atoms with Gasteiger partial charge in [-0.25, -0.2) is 4.98 Å². The van der Waals surface area contributed by atoms with Crippen LogP contribution in [0.5, 0.6) is 0 Å². The van der Waals surface area contributed by atoms with E-state index in [2.05, 4.69) is 25.9 Å². The molecule has 0 fully saturated rings. The average molecular weight is 345 g/mol.